The highest BCUT2D eigenvalue weighted by Crippen LogP contribution is 2.62. The Labute approximate surface area is 338 Å². The number of benzene rings is 9. The second-order valence-corrected chi connectivity index (χ2v) is 14.9. The zero-order chi connectivity index (χ0) is 38.5. The fourth-order valence-electron chi connectivity index (χ4n) is 8.99. The molecule has 274 valence electrons. The van der Waals surface area contributed by atoms with Gasteiger partial charge in [0.15, 0.2) is 0 Å². The molecule has 0 saturated carbocycles. The fourth-order valence-corrected chi connectivity index (χ4v) is 8.99. The van der Waals surface area contributed by atoms with E-state index in [1.807, 2.05) is 18.2 Å². The quantitative estimate of drug-likeness (QED) is 0.176. The van der Waals surface area contributed by atoms with Gasteiger partial charge in [0.25, 0.3) is 0 Å². The zero-order valence-corrected chi connectivity index (χ0v) is 31.6. The van der Waals surface area contributed by atoms with E-state index in [0.717, 1.165) is 56.6 Å². The van der Waals surface area contributed by atoms with Crippen LogP contribution in [0.3, 0.4) is 0 Å². The molecular formula is C55H37NO2. The zero-order valence-electron chi connectivity index (χ0n) is 31.6. The summed E-state index contributed by atoms with van der Waals surface area (Å²) in [6.07, 6.45) is 0. The molecule has 58 heavy (non-hydrogen) atoms. The summed E-state index contributed by atoms with van der Waals surface area (Å²) in [6.45, 7) is 0. The molecule has 1 aliphatic heterocycles. The molecule has 0 aromatic heterocycles. The van der Waals surface area contributed by atoms with Gasteiger partial charge in [-0.15, -0.1) is 0 Å². The van der Waals surface area contributed by atoms with Crippen molar-refractivity contribution in [2.24, 2.45) is 0 Å². The lowest BCUT2D eigenvalue weighted by Gasteiger charge is -2.39. The van der Waals surface area contributed by atoms with Crippen LogP contribution in [0.1, 0.15) is 22.3 Å². The van der Waals surface area contributed by atoms with Crippen molar-refractivity contribution in [3.63, 3.8) is 0 Å². The number of para-hydroxylation sites is 3. The van der Waals surface area contributed by atoms with Gasteiger partial charge in [0.1, 0.15) is 23.0 Å². The van der Waals surface area contributed by atoms with Crippen LogP contribution >= 0.6 is 0 Å². The topological polar surface area (TPSA) is 30.5 Å². The Hall–Kier alpha value is -7.62. The van der Waals surface area contributed by atoms with E-state index in [2.05, 4.69) is 206 Å². The maximum Gasteiger partial charge on any atom is 0.132 e. The molecule has 1 aliphatic carbocycles. The van der Waals surface area contributed by atoms with Crippen LogP contribution in [0.5, 0.6) is 23.0 Å². The molecule has 3 heteroatoms. The van der Waals surface area contributed by atoms with Crippen LogP contribution in [0.15, 0.2) is 218 Å². The van der Waals surface area contributed by atoms with Gasteiger partial charge in [-0.05, 0) is 111 Å². The maximum atomic E-state index is 6.52. The van der Waals surface area contributed by atoms with Gasteiger partial charge in [-0.25, -0.2) is 0 Å². The normalized spacial score (nSPS) is 12.8. The number of rotatable bonds is 7. The van der Waals surface area contributed by atoms with Crippen LogP contribution < -0.4 is 14.8 Å². The largest absolute Gasteiger partial charge is 0.457 e. The summed E-state index contributed by atoms with van der Waals surface area (Å²) in [5.74, 6) is 3.37. The van der Waals surface area contributed by atoms with E-state index in [-0.39, 0.29) is 0 Å². The lowest BCUT2D eigenvalue weighted by Crippen LogP contribution is -2.32. The van der Waals surface area contributed by atoms with Crippen LogP contribution in [-0.2, 0) is 5.41 Å². The second-order valence-electron chi connectivity index (χ2n) is 14.9. The van der Waals surface area contributed by atoms with Crippen LogP contribution in [0.2, 0.25) is 0 Å². The minimum atomic E-state index is -0.492. The number of nitrogens with one attached hydrogen (secondary N) is 1. The number of hydrogen-bond acceptors (Lipinski definition) is 3. The van der Waals surface area contributed by atoms with Crippen molar-refractivity contribution in [3.8, 4) is 67.5 Å². The molecule has 0 fully saturated rings. The average molecular weight is 744 g/mol. The Kier molecular flexibility index (Phi) is 8.04. The van der Waals surface area contributed by atoms with Crippen molar-refractivity contribution in [1.29, 1.82) is 0 Å². The predicted octanol–water partition coefficient (Wildman–Crippen LogP) is 14.7. The predicted molar refractivity (Wildman–Crippen MR) is 236 cm³/mol. The van der Waals surface area contributed by atoms with E-state index in [1.165, 1.54) is 44.5 Å². The molecule has 2 aliphatic rings. The minimum absolute atomic E-state index is 0.492. The Morgan fingerprint density at radius 2 is 0.862 bits per heavy atom. The third-order valence-corrected chi connectivity index (χ3v) is 11.6. The van der Waals surface area contributed by atoms with Crippen molar-refractivity contribution in [2.45, 2.75) is 5.41 Å². The van der Waals surface area contributed by atoms with Crippen molar-refractivity contribution in [1.82, 2.24) is 0 Å². The third kappa shape index (κ3) is 5.59. The Bertz CT molecular complexity index is 2920. The molecule has 0 saturated heterocycles. The summed E-state index contributed by atoms with van der Waals surface area (Å²) >= 11 is 0. The summed E-state index contributed by atoms with van der Waals surface area (Å²) in [6, 6.07) is 76.9. The molecule has 0 atom stereocenters. The standard InChI is InChI=1S/C55H37NO2/c1-2-13-39(14-3-1)45-17-5-9-22-52(45)56-42-16-12-15-40(35-42)37-25-30-43(31-26-37)57-44-32-27-38(28-33-44)41-29-34-47-46-18-4-6-19-48(46)55(51(47)36-41)49-20-7-10-23-53(49)58-54-24-11-8-21-50(54)55/h1-36,56H. The number of anilines is 2. The van der Waals surface area contributed by atoms with Gasteiger partial charge >= 0.3 is 0 Å². The van der Waals surface area contributed by atoms with Gasteiger partial charge in [0.05, 0.1) is 5.41 Å². The molecule has 0 bridgehead atoms. The Balaban J connectivity index is 0.856. The van der Waals surface area contributed by atoms with Crippen LogP contribution in [0.25, 0.3) is 44.5 Å². The molecule has 0 radical (unpaired) electrons. The summed E-state index contributed by atoms with van der Waals surface area (Å²) in [5.41, 5.74) is 15.9. The van der Waals surface area contributed by atoms with Gasteiger partial charge in [0.2, 0.25) is 0 Å². The van der Waals surface area contributed by atoms with E-state index in [4.69, 9.17) is 9.47 Å². The van der Waals surface area contributed by atoms with Crippen molar-refractivity contribution in [3.05, 3.63) is 241 Å². The monoisotopic (exact) mass is 743 g/mol. The van der Waals surface area contributed by atoms with E-state index in [1.54, 1.807) is 0 Å². The molecule has 11 rings (SSSR count). The first kappa shape index (κ1) is 33.7. The third-order valence-electron chi connectivity index (χ3n) is 11.6. The van der Waals surface area contributed by atoms with Crippen molar-refractivity contribution < 1.29 is 9.47 Å². The summed E-state index contributed by atoms with van der Waals surface area (Å²) in [5, 5.41) is 3.65. The van der Waals surface area contributed by atoms with Crippen LogP contribution in [0, 0.1) is 0 Å². The summed E-state index contributed by atoms with van der Waals surface area (Å²) in [7, 11) is 0. The molecule has 1 N–H and O–H groups in total. The molecule has 9 aromatic carbocycles. The van der Waals surface area contributed by atoms with Gasteiger partial charge in [-0.2, -0.15) is 0 Å². The van der Waals surface area contributed by atoms with Crippen molar-refractivity contribution >= 4 is 11.4 Å². The lowest BCUT2D eigenvalue weighted by atomic mass is 9.66. The highest BCUT2D eigenvalue weighted by Gasteiger charge is 2.51. The van der Waals surface area contributed by atoms with E-state index in [9.17, 15) is 0 Å². The average Bonchev–Trinajstić information content (AvgIpc) is 3.57. The first-order valence-corrected chi connectivity index (χ1v) is 19.7. The number of hydrogen-bond donors (Lipinski definition) is 1. The van der Waals surface area contributed by atoms with Crippen LogP contribution in [-0.4, -0.2) is 0 Å². The van der Waals surface area contributed by atoms with Gasteiger partial charge in [0, 0.05) is 28.1 Å². The first-order valence-electron chi connectivity index (χ1n) is 19.7. The molecule has 3 nitrogen and oxygen atoms in total. The van der Waals surface area contributed by atoms with Gasteiger partial charge < -0.3 is 14.8 Å². The first-order chi connectivity index (χ1) is 28.7. The van der Waals surface area contributed by atoms with Gasteiger partial charge in [-0.1, -0.05) is 158 Å². The Morgan fingerprint density at radius 1 is 0.345 bits per heavy atom. The fraction of sp³-hybridized carbons (Fsp3) is 0.0182. The van der Waals surface area contributed by atoms with Gasteiger partial charge in [-0.3, -0.25) is 0 Å². The minimum Gasteiger partial charge on any atom is -0.457 e. The summed E-state index contributed by atoms with van der Waals surface area (Å²) < 4.78 is 12.9. The van der Waals surface area contributed by atoms with E-state index >= 15 is 0 Å². The molecular weight excluding hydrogens is 707 g/mol. The summed E-state index contributed by atoms with van der Waals surface area (Å²) in [4.78, 5) is 0. The lowest BCUT2D eigenvalue weighted by molar-refractivity contribution is 0.436. The molecule has 1 heterocycles. The highest BCUT2D eigenvalue weighted by molar-refractivity contribution is 5.90. The Morgan fingerprint density at radius 3 is 1.55 bits per heavy atom. The van der Waals surface area contributed by atoms with E-state index < -0.39 is 5.41 Å². The van der Waals surface area contributed by atoms with Crippen LogP contribution in [0.4, 0.5) is 11.4 Å². The molecule has 1 spiro atoms. The number of fused-ring (bicyclic) bond motifs is 9. The highest BCUT2D eigenvalue weighted by atomic mass is 16.5. The smallest absolute Gasteiger partial charge is 0.132 e. The van der Waals surface area contributed by atoms with Crippen molar-refractivity contribution in [2.75, 3.05) is 5.32 Å². The molecule has 9 aromatic rings. The molecule has 0 amide bonds. The van der Waals surface area contributed by atoms with E-state index in [0.29, 0.717) is 0 Å². The SMILES string of the molecule is c1ccc(-c2ccccc2Nc2cccc(-c3ccc(Oc4ccc(-c5ccc6c(c5)C5(c7ccccc7Oc7ccccc75)c5ccccc5-6)cc4)cc3)c2)cc1. The molecule has 0 unspecified atom stereocenters. The maximum absolute atomic E-state index is 6.52. The number of ether oxygens (including phenoxy) is 2. The second kappa shape index (κ2) is 13.8.